The first-order valence-electron chi connectivity index (χ1n) is 6.21. The number of hydrogen-bond acceptors (Lipinski definition) is 5. The number of aromatic nitrogens is 3. The molecule has 2 aromatic heterocycles. The van der Waals surface area contributed by atoms with E-state index in [1.54, 1.807) is 19.1 Å². The number of anilines is 1. The summed E-state index contributed by atoms with van der Waals surface area (Å²) in [4.78, 5) is 11.5. The predicted octanol–water partition coefficient (Wildman–Crippen LogP) is 2.08. The molecule has 0 aliphatic heterocycles. The van der Waals surface area contributed by atoms with E-state index in [2.05, 4.69) is 20.3 Å². The van der Waals surface area contributed by atoms with Crippen LogP contribution in [0.2, 0.25) is 0 Å². The van der Waals surface area contributed by atoms with Crippen molar-refractivity contribution in [2.45, 2.75) is 13.2 Å². The molecule has 0 amide bonds. The van der Waals surface area contributed by atoms with Crippen LogP contribution in [0.5, 0.6) is 5.75 Å². The molecule has 0 spiro atoms. The molecule has 2 heterocycles. The van der Waals surface area contributed by atoms with E-state index in [-0.39, 0.29) is 5.75 Å². The van der Waals surface area contributed by atoms with Crippen molar-refractivity contribution in [3.63, 3.8) is 0 Å². The monoisotopic (exact) mass is 270 g/mol. The minimum Gasteiger partial charge on any atom is -0.508 e. The molecule has 3 rings (SSSR count). The van der Waals surface area contributed by atoms with Crippen LogP contribution in [0.15, 0.2) is 36.7 Å². The van der Waals surface area contributed by atoms with Crippen molar-refractivity contribution < 1.29 is 10.2 Å². The van der Waals surface area contributed by atoms with E-state index in [0.717, 1.165) is 16.6 Å². The molecule has 20 heavy (non-hydrogen) atoms. The number of nitrogens with one attached hydrogen (secondary N) is 2. The lowest BCUT2D eigenvalue weighted by Crippen LogP contribution is -2.14. The van der Waals surface area contributed by atoms with Gasteiger partial charge in [0.15, 0.2) is 0 Å². The number of hydrogen-bond donors (Lipinski definition) is 4. The first-order valence-corrected chi connectivity index (χ1v) is 6.21. The zero-order valence-corrected chi connectivity index (χ0v) is 10.8. The molecule has 4 N–H and O–H groups in total. The largest absolute Gasteiger partial charge is 0.508 e. The van der Waals surface area contributed by atoms with Gasteiger partial charge < -0.3 is 20.5 Å². The number of aromatic amines is 1. The minimum atomic E-state index is -0.694. The van der Waals surface area contributed by atoms with Crippen molar-refractivity contribution in [3.8, 4) is 17.0 Å². The highest BCUT2D eigenvalue weighted by Gasteiger charge is 2.10. The molecule has 1 aromatic carbocycles. The van der Waals surface area contributed by atoms with Gasteiger partial charge in [-0.25, -0.2) is 9.97 Å². The average Bonchev–Trinajstić information content (AvgIpc) is 2.84. The molecule has 0 fully saturated rings. The average molecular weight is 270 g/mol. The first kappa shape index (κ1) is 12.4. The van der Waals surface area contributed by atoms with Gasteiger partial charge in [-0.05, 0) is 42.8 Å². The Balaban J connectivity index is 2.08. The second kappa shape index (κ2) is 4.82. The number of phenols is 1. The smallest absolute Gasteiger partial charge is 0.143 e. The van der Waals surface area contributed by atoms with Crippen LogP contribution in [0.1, 0.15) is 6.92 Å². The number of H-pyrrole nitrogens is 1. The van der Waals surface area contributed by atoms with Gasteiger partial charge in [0.05, 0.1) is 5.39 Å². The molecule has 102 valence electrons. The lowest BCUT2D eigenvalue weighted by Gasteiger charge is -2.07. The van der Waals surface area contributed by atoms with Crippen LogP contribution in [0.25, 0.3) is 22.3 Å². The van der Waals surface area contributed by atoms with Crippen LogP contribution >= 0.6 is 0 Å². The summed E-state index contributed by atoms with van der Waals surface area (Å²) in [6.07, 6.45) is 0.740. The van der Waals surface area contributed by atoms with E-state index in [4.69, 9.17) is 0 Å². The van der Waals surface area contributed by atoms with Gasteiger partial charge in [0.1, 0.15) is 29.8 Å². The number of nitrogens with zero attached hydrogens (tertiary/aromatic N) is 2. The maximum atomic E-state index is 9.41. The van der Waals surface area contributed by atoms with E-state index in [1.807, 2.05) is 18.2 Å². The van der Waals surface area contributed by atoms with E-state index in [0.29, 0.717) is 11.5 Å². The molecule has 6 nitrogen and oxygen atoms in total. The van der Waals surface area contributed by atoms with E-state index in [1.165, 1.54) is 6.33 Å². The Morgan fingerprint density at radius 1 is 1.20 bits per heavy atom. The van der Waals surface area contributed by atoms with Crippen LogP contribution in [0.3, 0.4) is 0 Å². The van der Waals surface area contributed by atoms with Gasteiger partial charge in [0, 0.05) is 5.69 Å². The highest BCUT2D eigenvalue weighted by atomic mass is 16.3. The van der Waals surface area contributed by atoms with Crippen molar-refractivity contribution in [1.29, 1.82) is 0 Å². The normalized spacial score (nSPS) is 12.5. The lowest BCUT2D eigenvalue weighted by atomic mass is 10.1. The van der Waals surface area contributed by atoms with Crippen molar-refractivity contribution >= 4 is 16.9 Å². The van der Waals surface area contributed by atoms with E-state index < -0.39 is 6.23 Å². The summed E-state index contributed by atoms with van der Waals surface area (Å²) in [6.45, 7) is 1.63. The van der Waals surface area contributed by atoms with Crippen LogP contribution < -0.4 is 5.32 Å². The highest BCUT2D eigenvalue weighted by Crippen LogP contribution is 2.27. The minimum absolute atomic E-state index is 0.223. The number of aliphatic hydroxyl groups excluding tert-OH is 1. The zero-order valence-electron chi connectivity index (χ0n) is 10.8. The Kier molecular flexibility index (Phi) is 3.00. The maximum absolute atomic E-state index is 9.41. The van der Waals surface area contributed by atoms with Crippen LogP contribution in [-0.2, 0) is 0 Å². The number of aromatic hydroxyl groups is 1. The second-order valence-electron chi connectivity index (χ2n) is 4.53. The lowest BCUT2D eigenvalue weighted by molar-refractivity contribution is 0.224. The quantitative estimate of drug-likeness (QED) is 0.547. The third kappa shape index (κ3) is 2.28. The number of phenolic OH excluding ortho intramolecular Hbond substituents is 1. The Labute approximate surface area is 115 Å². The topological polar surface area (TPSA) is 94.1 Å². The Morgan fingerprint density at radius 2 is 1.95 bits per heavy atom. The molecule has 0 radical (unpaired) electrons. The zero-order chi connectivity index (χ0) is 14.1. The predicted molar refractivity (Wildman–Crippen MR) is 76.3 cm³/mol. The molecule has 6 heteroatoms. The summed E-state index contributed by atoms with van der Waals surface area (Å²) in [7, 11) is 0. The second-order valence-corrected chi connectivity index (χ2v) is 4.53. The molecule has 0 aliphatic rings. The summed E-state index contributed by atoms with van der Waals surface area (Å²) in [5.74, 6) is 0.799. The maximum Gasteiger partial charge on any atom is 0.143 e. The molecule has 0 unspecified atom stereocenters. The van der Waals surface area contributed by atoms with Gasteiger partial charge in [-0.1, -0.05) is 0 Å². The third-order valence-corrected chi connectivity index (χ3v) is 2.95. The van der Waals surface area contributed by atoms with Crippen LogP contribution in [0, 0.1) is 0 Å². The fraction of sp³-hybridized carbons (Fsp3) is 0.143. The fourth-order valence-electron chi connectivity index (χ4n) is 2.05. The summed E-state index contributed by atoms with van der Waals surface area (Å²) in [6, 6.07) is 8.79. The Hall–Kier alpha value is -2.60. The Bertz CT molecular complexity index is 735. The fourth-order valence-corrected chi connectivity index (χ4v) is 2.05. The molecule has 3 aromatic rings. The standard InChI is InChI=1S/C14H14N4O2/c1-8(19)17-13-11-6-12(18-14(11)16-7-15-13)9-2-4-10(20)5-3-9/h2-8,19-20H,1H3,(H2,15,16,17,18)/t8-/m1/s1. The van der Waals surface area contributed by atoms with E-state index in [9.17, 15) is 10.2 Å². The number of aliphatic hydroxyl groups is 1. The highest BCUT2D eigenvalue weighted by molar-refractivity contribution is 5.91. The van der Waals surface area contributed by atoms with Crippen molar-refractivity contribution in [2.75, 3.05) is 5.32 Å². The van der Waals surface area contributed by atoms with Crippen LogP contribution in [-0.4, -0.2) is 31.4 Å². The molecule has 0 aliphatic carbocycles. The molecule has 0 saturated carbocycles. The number of rotatable bonds is 3. The summed E-state index contributed by atoms with van der Waals surface area (Å²) in [5, 5.41) is 22.4. The molecular formula is C14H14N4O2. The van der Waals surface area contributed by atoms with Crippen LogP contribution in [0.4, 0.5) is 5.82 Å². The third-order valence-electron chi connectivity index (χ3n) is 2.95. The summed E-state index contributed by atoms with van der Waals surface area (Å²) in [5.41, 5.74) is 2.49. The van der Waals surface area contributed by atoms with E-state index >= 15 is 0 Å². The van der Waals surface area contributed by atoms with Crippen molar-refractivity contribution in [1.82, 2.24) is 15.0 Å². The number of benzene rings is 1. The summed E-state index contributed by atoms with van der Waals surface area (Å²) < 4.78 is 0. The SMILES string of the molecule is C[C@@H](O)Nc1ncnc2[nH]c(-c3ccc(O)cc3)cc12. The molecule has 0 saturated heterocycles. The molecule has 1 atom stereocenters. The summed E-state index contributed by atoms with van der Waals surface area (Å²) >= 11 is 0. The first-order chi connectivity index (χ1) is 9.63. The van der Waals surface area contributed by atoms with Gasteiger partial charge in [0.25, 0.3) is 0 Å². The van der Waals surface area contributed by atoms with Gasteiger partial charge >= 0.3 is 0 Å². The number of fused-ring (bicyclic) bond motifs is 1. The molecule has 0 bridgehead atoms. The van der Waals surface area contributed by atoms with Gasteiger partial charge in [-0.3, -0.25) is 0 Å². The van der Waals surface area contributed by atoms with Gasteiger partial charge in [-0.2, -0.15) is 0 Å². The Morgan fingerprint density at radius 3 is 2.65 bits per heavy atom. The van der Waals surface area contributed by atoms with Gasteiger partial charge in [0.2, 0.25) is 0 Å². The van der Waals surface area contributed by atoms with Crippen molar-refractivity contribution in [2.24, 2.45) is 0 Å². The van der Waals surface area contributed by atoms with Gasteiger partial charge in [-0.15, -0.1) is 0 Å². The molecular weight excluding hydrogens is 256 g/mol. The van der Waals surface area contributed by atoms with Crippen molar-refractivity contribution in [3.05, 3.63) is 36.7 Å².